The molecule has 0 aromatic carbocycles. The van der Waals surface area contributed by atoms with Gasteiger partial charge in [-0.05, 0) is 25.0 Å². The zero-order valence-electron chi connectivity index (χ0n) is 12.9. The second-order valence-corrected chi connectivity index (χ2v) is 5.17. The molecule has 0 aliphatic rings. The first-order valence-electron chi connectivity index (χ1n) is 7.48. The molecule has 8 nitrogen and oxygen atoms in total. The number of nitrogens with one attached hydrogen (secondary N) is 2. The molecule has 0 fully saturated rings. The van der Waals surface area contributed by atoms with Gasteiger partial charge in [0, 0.05) is 6.20 Å². The Morgan fingerprint density at radius 1 is 1.35 bits per heavy atom. The quantitative estimate of drug-likeness (QED) is 0.334. The first-order valence-corrected chi connectivity index (χ1v) is 7.48. The fourth-order valence-corrected chi connectivity index (χ4v) is 2.41. The van der Waals surface area contributed by atoms with Gasteiger partial charge in [-0.3, -0.25) is 10.0 Å². The monoisotopic (exact) mass is 320 g/mol. The minimum atomic E-state index is -1.06. The SMILES string of the molecule is CCCCCc1c(NCC(=O)NO)nc2c(C(=O)O)cccn12. The fourth-order valence-electron chi connectivity index (χ4n) is 2.41. The summed E-state index contributed by atoms with van der Waals surface area (Å²) in [4.78, 5) is 26.9. The molecule has 2 aromatic rings. The number of hydrogen-bond acceptors (Lipinski definition) is 5. The zero-order valence-corrected chi connectivity index (χ0v) is 12.9. The molecule has 124 valence electrons. The van der Waals surface area contributed by atoms with Crippen LogP contribution in [0.25, 0.3) is 5.65 Å². The number of carbonyl (C=O) groups is 2. The van der Waals surface area contributed by atoms with Crippen molar-refractivity contribution < 1.29 is 19.9 Å². The first-order chi connectivity index (χ1) is 11.1. The largest absolute Gasteiger partial charge is 0.478 e. The van der Waals surface area contributed by atoms with E-state index in [1.54, 1.807) is 22.1 Å². The number of rotatable bonds is 8. The minimum absolute atomic E-state index is 0.101. The lowest BCUT2D eigenvalue weighted by Gasteiger charge is -2.06. The Hall–Kier alpha value is -2.61. The number of unbranched alkanes of at least 4 members (excludes halogenated alkanes) is 2. The summed E-state index contributed by atoms with van der Waals surface area (Å²) in [5, 5.41) is 20.7. The van der Waals surface area contributed by atoms with E-state index in [9.17, 15) is 14.7 Å². The van der Waals surface area contributed by atoms with Crippen molar-refractivity contribution in [2.45, 2.75) is 32.6 Å². The van der Waals surface area contributed by atoms with Crippen LogP contribution < -0.4 is 10.8 Å². The predicted octanol–water partition coefficient (Wildman–Crippen LogP) is 1.68. The minimum Gasteiger partial charge on any atom is -0.478 e. The summed E-state index contributed by atoms with van der Waals surface area (Å²) in [6.45, 7) is 1.95. The maximum Gasteiger partial charge on any atom is 0.339 e. The molecule has 2 rings (SSSR count). The van der Waals surface area contributed by atoms with Crippen LogP contribution >= 0.6 is 0 Å². The number of carboxylic acids is 1. The number of nitrogens with zero attached hydrogens (tertiary/aromatic N) is 2. The highest BCUT2D eigenvalue weighted by Crippen LogP contribution is 2.22. The number of aryl methyl sites for hydroxylation is 1. The number of amides is 1. The number of anilines is 1. The van der Waals surface area contributed by atoms with Crippen LogP contribution in [0.4, 0.5) is 5.82 Å². The van der Waals surface area contributed by atoms with Crippen molar-refractivity contribution in [2.75, 3.05) is 11.9 Å². The molecule has 0 aliphatic heterocycles. The number of carboxylic acid groups (broad SMARTS) is 1. The molecule has 0 saturated carbocycles. The molecular formula is C15H20N4O4. The van der Waals surface area contributed by atoms with Crippen LogP contribution in [0.3, 0.4) is 0 Å². The summed E-state index contributed by atoms with van der Waals surface area (Å²) >= 11 is 0. The normalized spacial score (nSPS) is 10.7. The number of hydroxylamine groups is 1. The van der Waals surface area contributed by atoms with Gasteiger partial charge in [0.05, 0.1) is 12.2 Å². The third-order valence-electron chi connectivity index (χ3n) is 3.54. The Balaban J connectivity index is 2.41. The highest BCUT2D eigenvalue weighted by molar-refractivity contribution is 5.94. The van der Waals surface area contributed by atoms with Crippen LogP contribution in [-0.2, 0) is 11.2 Å². The predicted molar refractivity (Wildman–Crippen MR) is 83.8 cm³/mol. The lowest BCUT2D eigenvalue weighted by atomic mass is 10.1. The third-order valence-corrected chi connectivity index (χ3v) is 3.54. The summed E-state index contributed by atoms with van der Waals surface area (Å²) in [5.74, 6) is -1.20. The number of pyridine rings is 1. The molecule has 1 amide bonds. The topological polar surface area (TPSA) is 116 Å². The second-order valence-electron chi connectivity index (χ2n) is 5.17. The molecule has 2 heterocycles. The van der Waals surface area contributed by atoms with Gasteiger partial charge in [-0.15, -0.1) is 0 Å². The fraction of sp³-hybridized carbons (Fsp3) is 0.400. The van der Waals surface area contributed by atoms with E-state index in [2.05, 4.69) is 17.2 Å². The average Bonchev–Trinajstić information content (AvgIpc) is 2.90. The van der Waals surface area contributed by atoms with E-state index < -0.39 is 11.9 Å². The van der Waals surface area contributed by atoms with Crippen molar-refractivity contribution in [1.29, 1.82) is 0 Å². The van der Waals surface area contributed by atoms with E-state index in [0.29, 0.717) is 17.9 Å². The van der Waals surface area contributed by atoms with Crippen molar-refractivity contribution in [3.63, 3.8) is 0 Å². The highest BCUT2D eigenvalue weighted by atomic mass is 16.5. The van der Waals surface area contributed by atoms with E-state index in [1.165, 1.54) is 6.07 Å². The lowest BCUT2D eigenvalue weighted by molar-refractivity contribution is -0.127. The Kier molecular flexibility index (Phi) is 5.53. The van der Waals surface area contributed by atoms with Crippen LogP contribution in [-0.4, -0.2) is 38.1 Å². The second kappa shape index (κ2) is 7.59. The van der Waals surface area contributed by atoms with Gasteiger partial charge < -0.3 is 14.8 Å². The number of fused-ring (bicyclic) bond motifs is 1. The number of carbonyl (C=O) groups excluding carboxylic acids is 1. The molecule has 0 spiro atoms. The molecule has 0 radical (unpaired) electrons. The maximum atomic E-state index is 11.3. The molecule has 0 saturated heterocycles. The average molecular weight is 320 g/mol. The number of imidazole rings is 1. The molecule has 0 aliphatic carbocycles. The van der Waals surface area contributed by atoms with E-state index in [-0.39, 0.29) is 12.1 Å². The van der Waals surface area contributed by atoms with Gasteiger partial charge in [-0.1, -0.05) is 19.8 Å². The van der Waals surface area contributed by atoms with Crippen LogP contribution in [0.15, 0.2) is 18.3 Å². The van der Waals surface area contributed by atoms with Gasteiger partial charge in [0.1, 0.15) is 11.4 Å². The standard InChI is InChI=1S/C15H20N4O4/c1-2-3-4-7-11-13(16-9-12(20)18-23)17-14-10(15(21)22)6-5-8-19(11)14/h5-6,8,16,23H,2-4,7,9H2,1H3,(H,18,20)(H,21,22). The van der Waals surface area contributed by atoms with E-state index in [4.69, 9.17) is 5.21 Å². The molecule has 23 heavy (non-hydrogen) atoms. The van der Waals surface area contributed by atoms with Crippen LogP contribution in [0.5, 0.6) is 0 Å². The molecule has 8 heteroatoms. The van der Waals surface area contributed by atoms with Gasteiger partial charge in [0.2, 0.25) is 0 Å². The highest BCUT2D eigenvalue weighted by Gasteiger charge is 2.17. The number of aromatic nitrogens is 2. The summed E-state index contributed by atoms with van der Waals surface area (Å²) in [5.41, 5.74) is 2.79. The number of aromatic carboxylic acids is 1. The van der Waals surface area contributed by atoms with Crippen molar-refractivity contribution >= 4 is 23.3 Å². The Bertz CT molecular complexity index is 711. The Labute approximate surface area is 133 Å². The summed E-state index contributed by atoms with van der Waals surface area (Å²) in [6, 6.07) is 3.15. The first kappa shape index (κ1) is 16.8. The van der Waals surface area contributed by atoms with Gasteiger partial charge in [0.25, 0.3) is 5.91 Å². The Morgan fingerprint density at radius 2 is 2.13 bits per heavy atom. The summed E-state index contributed by atoms with van der Waals surface area (Å²) < 4.78 is 1.73. The van der Waals surface area contributed by atoms with Gasteiger partial charge in [0.15, 0.2) is 5.65 Å². The van der Waals surface area contributed by atoms with Gasteiger partial charge in [-0.2, -0.15) is 0 Å². The van der Waals surface area contributed by atoms with E-state index >= 15 is 0 Å². The van der Waals surface area contributed by atoms with E-state index in [1.807, 2.05) is 0 Å². The van der Waals surface area contributed by atoms with Crippen molar-refractivity contribution in [2.24, 2.45) is 0 Å². The lowest BCUT2D eigenvalue weighted by Crippen LogP contribution is -2.27. The molecular weight excluding hydrogens is 300 g/mol. The van der Waals surface area contributed by atoms with Gasteiger partial charge in [-0.25, -0.2) is 15.3 Å². The third kappa shape index (κ3) is 3.78. The maximum absolute atomic E-state index is 11.3. The molecule has 0 atom stereocenters. The smallest absolute Gasteiger partial charge is 0.339 e. The van der Waals surface area contributed by atoms with Crippen LogP contribution in [0, 0.1) is 0 Å². The van der Waals surface area contributed by atoms with Crippen molar-refractivity contribution in [1.82, 2.24) is 14.9 Å². The van der Waals surface area contributed by atoms with E-state index in [0.717, 1.165) is 25.0 Å². The molecule has 2 aromatic heterocycles. The summed E-state index contributed by atoms with van der Waals surface area (Å²) in [6.07, 6.45) is 5.51. The Morgan fingerprint density at radius 3 is 2.78 bits per heavy atom. The van der Waals surface area contributed by atoms with Crippen molar-refractivity contribution in [3.8, 4) is 0 Å². The van der Waals surface area contributed by atoms with Crippen LogP contribution in [0.2, 0.25) is 0 Å². The molecule has 0 unspecified atom stereocenters. The van der Waals surface area contributed by atoms with Crippen molar-refractivity contribution in [3.05, 3.63) is 29.6 Å². The zero-order chi connectivity index (χ0) is 16.8. The molecule has 0 bridgehead atoms. The number of hydrogen-bond donors (Lipinski definition) is 4. The summed E-state index contributed by atoms with van der Waals surface area (Å²) in [7, 11) is 0. The van der Waals surface area contributed by atoms with Crippen LogP contribution in [0.1, 0.15) is 42.2 Å². The van der Waals surface area contributed by atoms with Gasteiger partial charge >= 0.3 is 5.97 Å². The molecule has 4 N–H and O–H groups in total.